The summed E-state index contributed by atoms with van der Waals surface area (Å²) in [6, 6.07) is 13.6. The van der Waals surface area contributed by atoms with Gasteiger partial charge >= 0.3 is 0 Å². The minimum atomic E-state index is 0.576. The normalized spacial score (nSPS) is 12.0. The third-order valence-electron chi connectivity index (χ3n) is 3.06. The van der Waals surface area contributed by atoms with Crippen LogP contribution in [0.3, 0.4) is 0 Å². The van der Waals surface area contributed by atoms with Gasteiger partial charge in [-0.05, 0) is 24.3 Å². The average molecular weight is 250 g/mol. The smallest absolute Gasteiger partial charge is 0.228 e. The second-order valence-electron chi connectivity index (χ2n) is 4.24. The maximum absolute atomic E-state index is 5.88. The third-order valence-corrected chi connectivity index (χ3v) is 3.06. The van der Waals surface area contributed by atoms with E-state index in [1.54, 1.807) is 12.5 Å². The van der Waals surface area contributed by atoms with E-state index in [4.69, 9.17) is 9.15 Å². The Balaban J connectivity index is 1.88. The van der Waals surface area contributed by atoms with Gasteiger partial charge in [-0.15, -0.1) is 0 Å². The summed E-state index contributed by atoms with van der Waals surface area (Å²) in [5, 5.41) is 3.37. The SMILES string of the molecule is c1ccc2c(c1)Nc1c(cccc1-c1ncco1)O2. The second-order valence-corrected chi connectivity index (χ2v) is 4.24. The van der Waals surface area contributed by atoms with E-state index in [2.05, 4.69) is 10.3 Å². The van der Waals surface area contributed by atoms with Crippen molar-refractivity contribution in [3.05, 3.63) is 54.9 Å². The number of ether oxygens (including phenoxy) is 1. The maximum Gasteiger partial charge on any atom is 0.228 e. The van der Waals surface area contributed by atoms with Crippen LogP contribution in [-0.2, 0) is 0 Å². The molecule has 2 aromatic carbocycles. The van der Waals surface area contributed by atoms with Crippen molar-refractivity contribution in [1.29, 1.82) is 0 Å². The highest BCUT2D eigenvalue weighted by Gasteiger charge is 2.20. The minimum Gasteiger partial charge on any atom is -0.453 e. The fourth-order valence-electron chi connectivity index (χ4n) is 2.19. The Morgan fingerprint density at radius 1 is 0.947 bits per heavy atom. The van der Waals surface area contributed by atoms with Crippen molar-refractivity contribution < 1.29 is 9.15 Å². The summed E-state index contributed by atoms with van der Waals surface area (Å²) < 4.78 is 11.3. The first-order valence-electron chi connectivity index (χ1n) is 5.98. The molecule has 2 heterocycles. The number of aromatic nitrogens is 1. The average Bonchev–Trinajstić information content (AvgIpc) is 2.98. The Hall–Kier alpha value is -2.75. The van der Waals surface area contributed by atoms with Crippen LogP contribution in [-0.4, -0.2) is 4.98 Å². The zero-order valence-electron chi connectivity index (χ0n) is 9.96. The van der Waals surface area contributed by atoms with Crippen molar-refractivity contribution in [2.45, 2.75) is 0 Å². The van der Waals surface area contributed by atoms with E-state index in [0.29, 0.717) is 5.89 Å². The highest BCUT2D eigenvalue weighted by Crippen LogP contribution is 2.45. The van der Waals surface area contributed by atoms with Crippen LogP contribution in [0.2, 0.25) is 0 Å². The van der Waals surface area contributed by atoms with Gasteiger partial charge in [0.1, 0.15) is 6.26 Å². The fraction of sp³-hybridized carbons (Fsp3) is 0. The first-order chi connectivity index (χ1) is 9.42. The van der Waals surface area contributed by atoms with Crippen LogP contribution >= 0.6 is 0 Å². The van der Waals surface area contributed by atoms with Crippen LogP contribution in [0.4, 0.5) is 11.4 Å². The fourth-order valence-corrected chi connectivity index (χ4v) is 2.19. The molecule has 0 amide bonds. The summed E-state index contributed by atoms with van der Waals surface area (Å²) in [5.74, 6) is 2.17. The molecule has 1 aliphatic heterocycles. The van der Waals surface area contributed by atoms with E-state index in [-0.39, 0.29) is 0 Å². The zero-order valence-corrected chi connectivity index (χ0v) is 9.96. The van der Waals surface area contributed by atoms with E-state index in [1.807, 2.05) is 42.5 Å². The molecule has 0 aliphatic carbocycles. The van der Waals surface area contributed by atoms with Gasteiger partial charge in [-0.25, -0.2) is 4.98 Å². The van der Waals surface area contributed by atoms with E-state index >= 15 is 0 Å². The lowest BCUT2D eigenvalue weighted by molar-refractivity contribution is 0.481. The number of fused-ring (bicyclic) bond motifs is 2. The van der Waals surface area contributed by atoms with Gasteiger partial charge in [0.2, 0.25) is 5.89 Å². The van der Waals surface area contributed by atoms with Crippen molar-refractivity contribution in [1.82, 2.24) is 4.98 Å². The standard InChI is InChI=1S/C15H10N2O2/c1-2-6-12-11(5-1)17-14-10(15-16-8-9-18-15)4-3-7-13(14)19-12/h1-9,17H. The third kappa shape index (κ3) is 1.57. The molecule has 1 N–H and O–H groups in total. The predicted molar refractivity (Wildman–Crippen MR) is 71.7 cm³/mol. The maximum atomic E-state index is 5.88. The molecule has 0 bridgehead atoms. The van der Waals surface area contributed by atoms with Crippen LogP contribution in [0.1, 0.15) is 0 Å². The Labute approximate surface area is 109 Å². The van der Waals surface area contributed by atoms with Gasteiger partial charge in [0, 0.05) is 0 Å². The molecule has 0 unspecified atom stereocenters. The van der Waals surface area contributed by atoms with Gasteiger partial charge in [-0.1, -0.05) is 18.2 Å². The first-order valence-corrected chi connectivity index (χ1v) is 5.98. The number of nitrogens with zero attached hydrogens (tertiary/aromatic N) is 1. The number of hydrogen-bond donors (Lipinski definition) is 1. The quantitative estimate of drug-likeness (QED) is 0.550. The minimum absolute atomic E-state index is 0.576. The van der Waals surface area contributed by atoms with Crippen molar-refractivity contribution >= 4 is 11.4 Å². The van der Waals surface area contributed by atoms with Crippen molar-refractivity contribution in [2.75, 3.05) is 5.32 Å². The van der Waals surface area contributed by atoms with E-state index in [1.165, 1.54) is 0 Å². The number of benzene rings is 2. The molecule has 0 fully saturated rings. The van der Waals surface area contributed by atoms with E-state index in [9.17, 15) is 0 Å². The molecule has 19 heavy (non-hydrogen) atoms. The first kappa shape index (κ1) is 10.2. The van der Waals surface area contributed by atoms with Crippen LogP contribution in [0.5, 0.6) is 11.5 Å². The molecule has 0 saturated carbocycles. The number of oxazole rings is 1. The summed E-state index contributed by atoms with van der Waals surface area (Å²) in [6.45, 7) is 0. The summed E-state index contributed by atoms with van der Waals surface area (Å²) in [5.41, 5.74) is 2.70. The number of nitrogens with one attached hydrogen (secondary N) is 1. The topological polar surface area (TPSA) is 47.3 Å². The zero-order chi connectivity index (χ0) is 12.7. The summed E-state index contributed by atoms with van der Waals surface area (Å²) >= 11 is 0. The van der Waals surface area contributed by atoms with Crippen molar-refractivity contribution in [2.24, 2.45) is 0 Å². The van der Waals surface area contributed by atoms with Gasteiger partial charge in [0.25, 0.3) is 0 Å². The number of hydrogen-bond acceptors (Lipinski definition) is 4. The van der Waals surface area contributed by atoms with Crippen LogP contribution in [0, 0.1) is 0 Å². The van der Waals surface area contributed by atoms with Crippen LogP contribution < -0.4 is 10.1 Å². The molecule has 3 aromatic rings. The summed E-state index contributed by atoms with van der Waals surface area (Å²) in [4.78, 5) is 4.19. The van der Waals surface area contributed by atoms with Gasteiger partial charge < -0.3 is 14.5 Å². The van der Waals surface area contributed by atoms with Crippen molar-refractivity contribution in [3.8, 4) is 23.0 Å². The molecule has 0 spiro atoms. The predicted octanol–water partition coefficient (Wildman–Crippen LogP) is 4.19. The van der Waals surface area contributed by atoms with Crippen LogP contribution in [0.25, 0.3) is 11.5 Å². The number of para-hydroxylation sites is 3. The molecule has 4 heteroatoms. The molecule has 0 radical (unpaired) electrons. The Bertz CT molecular complexity index is 736. The second kappa shape index (κ2) is 3.88. The van der Waals surface area contributed by atoms with E-state index < -0.39 is 0 Å². The Morgan fingerprint density at radius 2 is 1.84 bits per heavy atom. The van der Waals surface area contributed by atoms with Gasteiger partial charge in [-0.2, -0.15) is 0 Å². The van der Waals surface area contributed by atoms with Gasteiger partial charge in [-0.3, -0.25) is 0 Å². The van der Waals surface area contributed by atoms with Gasteiger partial charge in [0.15, 0.2) is 11.5 Å². The highest BCUT2D eigenvalue weighted by atomic mass is 16.5. The molecule has 1 aromatic heterocycles. The molecule has 0 atom stereocenters. The highest BCUT2D eigenvalue weighted by molar-refractivity contribution is 5.86. The molecule has 1 aliphatic rings. The molecule has 92 valence electrons. The molecular formula is C15H10N2O2. The van der Waals surface area contributed by atoms with Gasteiger partial charge in [0.05, 0.1) is 23.1 Å². The lowest BCUT2D eigenvalue weighted by atomic mass is 10.1. The van der Waals surface area contributed by atoms with Crippen LogP contribution in [0.15, 0.2) is 59.3 Å². The Kier molecular flexibility index (Phi) is 2.08. The lowest BCUT2D eigenvalue weighted by Gasteiger charge is -2.22. The molecular weight excluding hydrogens is 240 g/mol. The van der Waals surface area contributed by atoms with Crippen molar-refractivity contribution in [3.63, 3.8) is 0 Å². The Morgan fingerprint density at radius 3 is 2.74 bits per heavy atom. The monoisotopic (exact) mass is 250 g/mol. The lowest BCUT2D eigenvalue weighted by Crippen LogP contribution is -2.03. The molecule has 4 nitrogen and oxygen atoms in total. The van der Waals surface area contributed by atoms with E-state index in [0.717, 1.165) is 28.4 Å². The summed E-state index contributed by atoms with van der Waals surface area (Å²) in [7, 11) is 0. The largest absolute Gasteiger partial charge is 0.453 e. The number of rotatable bonds is 1. The molecule has 4 rings (SSSR count). The molecule has 0 saturated heterocycles. The number of anilines is 2. The summed E-state index contributed by atoms with van der Waals surface area (Å²) in [6.07, 6.45) is 3.19.